The van der Waals surface area contributed by atoms with Crippen LogP contribution in [0.5, 0.6) is 5.75 Å². The Morgan fingerprint density at radius 3 is 2.57 bits per heavy atom. The maximum atomic E-state index is 13.8. The second kappa shape index (κ2) is 13.7. The molecule has 5 unspecified atom stereocenters. The summed E-state index contributed by atoms with van der Waals surface area (Å²) in [4.78, 5) is 44.3. The Labute approximate surface area is 286 Å². The predicted octanol–water partition coefficient (Wildman–Crippen LogP) is -0.713. The summed E-state index contributed by atoms with van der Waals surface area (Å²) in [5.74, 6) is -1.44. The number of methoxy groups -OCH3 is 1. The Bertz CT molecular complexity index is 1560. The number of amides is 2. The van der Waals surface area contributed by atoms with Crippen LogP contribution in [-0.4, -0.2) is 76.7 Å². The van der Waals surface area contributed by atoms with E-state index in [1.54, 1.807) is 24.3 Å². The smallest absolute Gasteiger partial charge is 0.746 e. The molecule has 5 rings (SSSR count). The molecule has 2 fully saturated rings. The molecular formula is C29H32KN3O8S. The third kappa shape index (κ3) is 6.99. The number of benzene rings is 2. The first-order valence-corrected chi connectivity index (χ1v) is 15.0. The molecule has 1 aromatic heterocycles. The minimum Gasteiger partial charge on any atom is -0.746 e. The number of nitrogens with zero attached hydrogens (tertiary/aromatic N) is 1. The van der Waals surface area contributed by atoms with Gasteiger partial charge in [0.25, 0.3) is 5.91 Å². The van der Waals surface area contributed by atoms with Crippen molar-refractivity contribution < 1.29 is 88.6 Å². The molecule has 1 saturated carbocycles. The Morgan fingerprint density at radius 1 is 1.19 bits per heavy atom. The number of nitrogens with one attached hydrogen (secondary N) is 2. The molecule has 218 valence electrons. The summed E-state index contributed by atoms with van der Waals surface area (Å²) >= 11 is 0. The van der Waals surface area contributed by atoms with E-state index >= 15 is 0 Å². The maximum absolute atomic E-state index is 13.8. The van der Waals surface area contributed by atoms with E-state index < -0.39 is 45.4 Å². The minimum absolute atomic E-state index is 0. The van der Waals surface area contributed by atoms with Gasteiger partial charge in [-0.2, -0.15) is 0 Å². The molecule has 11 nitrogen and oxygen atoms in total. The number of carbonyl (C=O) groups excluding carboxylic acids is 3. The van der Waals surface area contributed by atoms with Crippen LogP contribution < -0.4 is 61.4 Å². The normalized spacial score (nSPS) is 22.0. The summed E-state index contributed by atoms with van der Waals surface area (Å²) in [5, 5.41) is 13.6. The van der Waals surface area contributed by atoms with Crippen molar-refractivity contribution in [1.82, 2.24) is 15.2 Å². The van der Waals surface area contributed by atoms with Crippen molar-refractivity contribution in [1.29, 1.82) is 0 Å². The molecule has 3 N–H and O–H groups in total. The molecule has 2 heterocycles. The van der Waals surface area contributed by atoms with E-state index in [-0.39, 0.29) is 88.2 Å². The molecular weight excluding hydrogens is 589 g/mol. The van der Waals surface area contributed by atoms with E-state index in [1.165, 1.54) is 12.0 Å². The number of hydrogen-bond acceptors (Lipinski definition) is 8. The van der Waals surface area contributed by atoms with E-state index in [0.29, 0.717) is 35.9 Å². The number of ether oxygens (including phenoxy) is 1. The van der Waals surface area contributed by atoms with Crippen molar-refractivity contribution in [2.45, 2.75) is 55.5 Å². The number of Topliss-reactive ketones (excluding diaryl/α,β-unsaturated/α-hetero) is 1. The first kappa shape index (κ1) is 32.8. The molecule has 42 heavy (non-hydrogen) atoms. The van der Waals surface area contributed by atoms with Crippen molar-refractivity contribution in [2.75, 3.05) is 13.7 Å². The third-order valence-corrected chi connectivity index (χ3v) is 9.07. The zero-order chi connectivity index (χ0) is 29.3. The standard InChI is InChI=1S/C29H33N3O8S.K/c1-40-26-12-6-10-21-20(26)15-22(30-21)28(35)32-16-19(17-7-3-2-4-8-17)14-24(32)27(34)31-23(29(36)41(37,38)39)13-18-9-5-11-25(18)33;/h2-4,6-8,10,12,15,18-19,23-24,29-30,36H,5,9,11,13-14,16H2,1H3,(H,31,34)(H,37,38,39);/q;+1/p-1. The quantitative estimate of drug-likeness (QED) is 0.208. The number of aliphatic hydroxyl groups excluding tert-OH is 1. The number of aromatic amines is 1. The molecule has 0 bridgehead atoms. The fourth-order valence-corrected chi connectivity index (χ4v) is 6.60. The number of aliphatic hydroxyl groups is 1. The topological polar surface area (TPSA) is 169 Å². The van der Waals surface area contributed by atoms with Crippen LogP contribution in [0.1, 0.15) is 54.1 Å². The number of fused-ring (bicyclic) bond motifs is 1. The van der Waals surface area contributed by atoms with Gasteiger partial charge < -0.3 is 29.6 Å². The minimum atomic E-state index is -5.20. The van der Waals surface area contributed by atoms with Crippen molar-refractivity contribution in [2.24, 2.45) is 5.92 Å². The maximum Gasteiger partial charge on any atom is 1.00 e. The van der Waals surface area contributed by atoms with Crippen molar-refractivity contribution in [3.8, 4) is 5.75 Å². The second-order valence-corrected chi connectivity index (χ2v) is 12.2. The number of hydrogen-bond donors (Lipinski definition) is 3. The summed E-state index contributed by atoms with van der Waals surface area (Å²) in [7, 11) is -3.67. The van der Waals surface area contributed by atoms with E-state index in [2.05, 4.69) is 10.3 Å². The van der Waals surface area contributed by atoms with Crippen molar-refractivity contribution in [3.05, 3.63) is 65.9 Å². The van der Waals surface area contributed by atoms with Gasteiger partial charge in [0.05, 0.1) is 13.2 Å². The molecule has 2 aromatic carbocycles. The average Bonchev–Trinajstić information content (AvgIpc) is 3.70. The van der Waals surface area contributed by atoms with Crippen LogP contribution in [-0.2, 0) is 19.7 Å². The largest absolute Gasteiger partial charge is 1.00 e. The first-order valence-electron chi connectivity index (χ1n) is 13.5. The molecule has 1 aliphatic carbocycles. The third-order valence-electron chi connectivity index (χ3n) is 8.15. The van der Waals surface area contributed by atoms with E-state index in [9.17, 15) is 32.5 Å². The summed E-state index contributed by atoms with van der Waals surface area (Å²) in [5.41, 5.74) is -0.588. The number of likely N-dealkylation sites (tertiary alicyclic amines) is 1. The van der Waals surface area contributed by atoms with Crippen molar-refractivity contribution >= 4 is 38.6 Å². The van der Waals surface area contributed by atoms with Crippen LogP contribution in [0, 0.1) is 5.92 Å². The number of rotatable bonds is 9. The van der Waals surface area contributed by atoms with Gasteiger partial charge in [0.1, 0.15) is 33.4 Å². The zero-order valence-corrected chi connectivity index (χ0v) is 27.4. The van der Waals surface area contributed by atoms with Gasteiger partial charge in [-0.15, -0.1) is 0 Å². The summed E-state index contributed by atoms with van der Waals surface area (Å²) < 4.78 is 40.6. The number of ketones is 1. The van der Waals surface area contributed by atoms with Gasteiger partial charge in [0, 0.05) is 35.7 Å². The van der Waals surface area contributed by atoms with Crippen molar-refractivity contribution in [3.63, 3.8) is 0 Å². The van der Waals surface area contributed by atoms with Crippen LogP contribution in [0.15, 0.2) is 54.6 Å². The van der Waals surface area contributed by atoms with E-state index in [1.807, 2.05) is 30.3 Å². The molecule has 13 heteroatoms. The molecule has 0 spiro atoms. The Morgan fingerprint density at radius 2 is 1.93 bits per heavy atom. The zero-order valence-electron chi connectivity index (χ0n) is 23.5. The fourth-order valence-electron chi connectivity index (χ4n) is 6.02. The summed E-state index contributed by atoms with van der Waals surface area (Å²) in [6.45, 7) is 0.210. The first-order chi connectivity index (χ1) is 19.6. The molecule has 0 radical (unpaired) electrons. The van der Waals surface area contributed by atoms with Crippen LogP contribution in [0.4, 0.5) is 0 Å². The molecule has 5 atom stereocenters. The summed E-state index contributed by atoms with van der Waals surface area (Å²) in [6.07, 6.45) is 1.47. The van der Waals surface area contributed by atoms with Gasteiger partial charge >= 0.3 is 51.4 Å². The number of H-pyrrole nitrogens is 1. The molecule has 1 aliphatic heterocycles. The molecule has 2 aliphatic rings. The van der Waals surface area contributed by atoms with Gasteiger partial charge in [-0.3, -0.25) is 14.4 Å². The Balaban J connectivity index is 0.00000405. The monoisotopic (exact) mass is 621 g/mol. The number of aromatic nitrogens is 1. The van der Waals surface area contributed by atoms with Crippen LogP contribution >= 0.6 is 0 Å². The van der Waals surface area contributed by atoms with Gasteiger partial charge in [-0.05, 0) is 49.4 Å². The SMILES string of the molecule is COc1cccc2[nH]c(C(=O)N3CC(c4ccccc4)CC3C(=O)NC(CC3CCCC3=O)C(O)S(=O)(=O)[O-])cc12.[K+]. The van der Waals surface area contributed by atoms with E-state index in [0.717, 1.165) is 5.56 Å². The predicted molar refractivity (Wildman–Crippen MR) is 148 cm³/mol. The molecule has 1 saturated heterocycles. The fraction of sp³-hybridized carbons (Fsp3) is 0.414. The summed E-state index contributed by atoms with van der Waals surface area (Å²) in [6, 6.07) is 13.9. The van der Waals surface area contributed by atoms with Crippen LogP contribution in [0.25, 0.3) is 10.9 Å². The van der Waals surface area contributed by atoms with Gasteiger partial charge in [-0.25, -0.2) is 8.42 Å². The van der Waals surface area contributed by atoms with E-state index in [4.69, 9.17) is 4.74 Å². The molecule has 3 aromatic rings. The Kier molecular flexibility index (Phi) is 10.7. The van der Waals surface area contributed by atoms with Crippen LogP contribution in [0.2, 0.25) is 0 Å². The van der Waals surface area contributed by atoms with Gasteiger partial charge in [0.15, 0.2) is 5.44 Å². The molecule has 2 amide bonds. The van der Waals surface area contributed by atoms with Gasteiger partial charge in [-0.1, -0.05) is 36.4 Å². The second-order valence-electron chi connectivity index (χ2n) is 10.7. The number of carbonyl (C=O) groups is 3. The van der Waals surface area contributed by atoms with Gasteiger partial charge in [0.2, 0.25) is 5.91 Å². The van der Waals surface area contributed by atoms with Crippen LogP contribution in [0.3, 0.4) is 0 Å². The Hall–Kier alpha value is -2.10. The average molecular weight is 622 g/mol.